The van der Waals surface area contributed by atoms with Crippen LogP contribution in [0.25, 0.3) is 0 Å². The van der Waals surface area contributed by atoms with Gasteiger partial charge in [0.15, 0.2) is 0 Å². The first-order chi connectivity index (χ1) is 7.97. The van der Waals surface area contributed by atoms with Crippen LogP contribution in [0, 0.1) is 0 Å². The molecule has 0 saturated carbocycles. The number of hydrogen-bond donors (Lipinski definition) is 1. The lowest BCUT2D eigenvalue weighted by Gasteiger charge is -2.15. The minimum Gasteiger partial charge on any atom is -0.353 e. The Morgan fingerprint density at radius 2 is 2.18 bits per heavy atom. The Balaban J connectivity index is 2.44. The number of benzene rings is 1. The first-order valence-corrected chi connectivity index (χ1v) is 6.88. The van der Waals surface area contributed by atoms with Crippen molar-refractivity contribution in [2.24, 2.45) is 0 Å². The molecule has 17 heavy (non-hydrogen) atoms. The minimum absolute atomic E-state index is 0.0351. The predicted molar refractivity (Wildman–Crippen MR) is 75.4 cm³/mol. The number of alkyl halides is 1. The second-order valence-electron chi connectivity index (χ2n) is 4.29. The van der Waals surface area contributed by atoms with Crippen molar-refractivity contribution in [3.63, 3.8) is 0 Å². The Morgan fingerprint density at radius 1 is 1.47 bits per heavy atom. The molecule has 0 heterocycles. The summed E-state index contributed by atoms with van der Waals surface area (Å²) in [6.45, 7) is 3.90. The topological polar surface area (TPSA) is 29.1 Å². The summed E-state index contributed by atoms with van der Waals surface area (Å²) in [5, 5.41) is 3.02. The summed E-state index contributed by atoms with van der Waals surface area (Å²) < 4.78 is 0.991. The molecule has 1 aromatic carbocycles. The predicted octanol–water partition coefficient (Wildman–Crippen LogP) is 3.51. The third kappa shape index (κ3) is 6.08. The first kappa shape index (κ1) is 14.5. The highest BCUT2D eigenvalue weighted by atomic mass is 79.9. The lowest BCUT2D eigenvalue weighted by Crippen LogP contribution is -2.34. The molecular weight excluding hydrogens is 302 g/mol. The molecule has 2 nitrogen and oxygen atoms in total. The van der Waals surface area contributed by atoms with E-state index in [1.165, 1.54) is 0 Å². The van der Waals surface area contributed by atoms with Crippen LogP contribution in [0.2, 0.25) is 0 Å². The van der Waals surface area contributed by atoms with E-state index >= 15 is 0 Å². The molecule has 1 amide bonds. The Labute approximate surface area is 116 Å². The van der Waals surface area contributed by atoms with E-state index in [1.54, 1.807) is 0 Å². The van der Waals surface area contributed by atoms with Crippen LogP contribution in [-0.4, -0.2) is 17.3 Å². The van der Waals surface area contributed by atoms with Crippen molar-refractivity contribution in [2.75, 3.05) is 0 Å². The zero-order chi connectivity index (χ0) is 12.8. The maximum atomic E-state index is 11.7. The smallest absolute Gasteiger partial charge is 0.224 e. The molecule has 0 bridgehead atoms. The molecule has 1 N–H and O–H groups in total. The van der Waals surface area contributed by atoms with Gasteiger partial charge in [-0.2, -0.15) is 0 Å². The van der Waals surface area contributed by atoms with Crippen molar-refractivity contribution in [3.8, 4) is 0 Å². The maximum Gasteiger partial charge on any atom is 0.224 e. The summed E-state index contributed by atoms with van der Waals surface area (Å²) in [7, 11) is 0. The number of hydrogen-bond acceptors (Lipinski definition) is 1. The lowest BCUT2D eigenvalue weighted by molar-refractivity contribution is -0.121. The molecule has 4 heteroatoms. The van der Waals surface area contributed by atoms with E-state index in [0.717, 1.165) is 16.5 Å². The molecule has 1 aromatic rings. The van der Waals surface area contributed by atoms with Gasteiger partial charge in [-0.05, 0) is 38.0 Å². The molecule has 1 rings (SSSR count). The molecule has 0 aliphatic heterocycles. The number of nitrogens with one attached hydrogen (secondary N) is 1. The summed E-state index contributed by atoms with van der Waals surface area (Å²) in [6, 6.07) is 7.88. The molecule has 0 radical (unpaired) electrons. The minimum atomic E-state index is 0.0351. The van der Waals surface area contributed by atoms with Crippen LogP contribution in [0.5, 0.6) is 0 Å². The van der Waals surface area contributed by atoms with Gasteiger partial charge >= 0.3 is 0 Å². The van der Waals surface area contributed by atoms with Gasteiger partial charge in [-0.15, -0.1) is 11.6 Å². The highest BCUT2D eigenvalue weighted by molar-refractivity contribution is 9.10. The van der Waals surface area contributed by atoms with Gasteiger partial charge in [-0.25, -0.2) is 0 Å². The van der Waals surface area contributed by atoms with Gasteiger partial charge in [0, 0.05) is 15.9 Å². The van der Waals surface area contributed by atoms with Crippen molar-refractivity contribution in [1.82, 2.24) is 5.32 Å². The SMILES string of the molecule is CC(Cl)CC(C)NC(=O)Cc1cccc(Br)c1. The van der Waals surface area contributed by atoms with Crippen LogP contribution in [0.3, 0.4) is 0 Å². The fourth-order valence-corrected chi connectivity index (χ4v) is 2.42. The molecule has 0 saturated heterocycles. The average Bonchev–Trinajstić information content (AvgIpc) is 2.14. The van der Waals surface area contributed by atoms with Gasteiger partial charge < -0.3 is 5.32 Å². The van der Waals surface area contributed by atoms with Crippen LogP contribution in [0.1, 0.15) is 25.8 Å². The van der Waals surface area contributed by atoms with Crippen LogP contribution < -0.4 is 5.32 Å². The summed E-state index contributed by atoms with van der Waals surface area (Å²) in [6.07, 6.45) is 1.19. The summed E-state index contributed by atoms with van der Waals surface area (Å²) >= 11 is 9.27. The van der Waals surface area contributed by atoms with E-state index in [0.29, 0.717) is 6.42 Å². The Hall–Kier alpha value is -0.540. The van der Waals surface area contributed by atoms with E-state index in [2.05, 4.69) is 21.2 Å². The van der Waals surface area contributed by atoms with Gasteiger partial charge in [0.25, 0.3) is 0 Å². The third-order valence-electron chi connectivity index (χ3n) is 2.34. The van der Waals surface area contributed by atoms with Crippen molar-refractivity contribution >= 4 is 33.4 Å². The quantitative estimate of drug-likeness (QED) is 0.827. The molecule has 0 aliphatic rings. The van der Waals surface area contributed by atoms with Crippen LogP contribution >= 0.6 is 27.5 Å². The van der Waals surface area contributed by atoms with E-state index in [4.69, 9.17) is 11.6 Å². The molecule has 0 fully saturated rings. The Bertz CT molecular complexity index is 381. The van der Waals surface area contributed by atoms with Crippen molar-refractivity contribution < 1.29 is 4.79 Å². The normalized spacial score (nSPS) is 14.1. The Kier molecular flexibility index (Phi) is 6.00. The molecule has 0 aromatic heterocycles. The average molecular weight is 319 g/mol. The second-order valence-corrected chi connectivity index (χ2v) is 5.95. The number of rotatable bonds is 5. The summed E-state index contributed by atoms with van der Waals surface area (Å²) in [5.74, 6) is 0.0351. The van der Waals surface area contributed by atoms with Gasteiger partial charge in [0.1, 0.15) is 0 Å². The molecular formula is C13H17BrClNO. The largest absolute Gasteiger partial charge is 0.353 e. The lowest BCUT2D eigenvalue weighted by atomic mass is 10.1. The van der Waals surface area contributed by atoms with Gasteiger partial charge in [-0.3, -0.25) is 4.79 Å². The molecule has 0 aliphatic carbocycles. The zero-order valence-corrected chi connectivity index (χ0v) is 12.4. The van der Waals surface area contributed by atoms with Crippen LogP contribution in [0.15, 0.2) is 28.7 Å². The summed E-state index contributed by atoms with van der Waals surface area (Å²) in [4.78, 5) is 11.7. The molecule has 2 unspecified atom stereocenters. The van der Waals surface area contributed by atoms with Crippen molar-refractivity contribution in [3.05, 3.63) is 34.3 Å². The van der Waals surface area contributed by atoms with Crippen molar-refractivity contribution in [2.45, 2.75) is 38.1 Å². The van der Waals surface area contributed by atoms with Crippen molar-refractivity contribution in [1.29, 1.82) is 0 Å². The fourth-order valence-electron chi connectivity index (χ4n) is 1.70. The van der Waals surface area contributed by atoms with Crippen LogP contribution in [-0.2, 0) is 11.2 Å². The molecule has 2 atom stereocenters. The standard InChI is InChI=1S/C13H17BrClNO/c1-9(15)6-10(2)16-13(17)8-11-4-3-5-12(14)7-11/h3-5,7,9-10H,6,8H2,1-2H3,(H,16,17). The fraction of sp³-hybridized carbons (Fsp3) is 0.462. The highest BCUT2D eigenvalue weighted by Crippen LogP contribution is 2.12. The number of amides is 1. The zero-order valence-electron chi connectivity index (χ0n) is 10.0. The molecule has 0 spiro atoms. The number of halogens is 2. The van der Waals surface area contributed by atoms with E-state index in [1.807, 2.05) is 38.1 Å². The van der Waals surface area contributed by atoms with E-state index in [-0.39, 0.29) is 17.3 Å². The Morgan fingerprint density at radius 3 is 2.76 bits per heavy atom. The van der Waals surface area contributed by atoms with Gasteiger partial charge in [0.05, 0.1) is 6.42 Å². The number of carbonyl (C=O) groups excluding carboxylic acids is 1. The molecule has 94 valence electrons. The monoisotopic (exact) mass is 317 g/mol. The van der Waals surface area contributed by atoms with E-state index < -0.39 is 0 Å². The third-order valence-corrected chi connectivity index (χ3v) is 3.01. The number of carbonyl (C=O) groups is 1. The first-order valence-electron chi connectivity index (χ1n) is 5.65. The van der Waals surface area contributed by atoms with Gasteiger partial charge in [-0.1, -0.05) is 28.1 Å². The highest BCUT2D eigenvalue weighted by Gasteiger charge is 2.10. The van der Waals surface area contributed by atoms with E-state index in [9.17, 15) is 4.79 Å². The second kappa shape index (κ2) is 7.02. The van der Waals surface area contributed by atoms with Crippen LogP contribution in [0.4, 0.5) is 0 Å². The summed E-state index contributed by atoms with van der Waals surface area (Å²) in [5.41, 5.74) is 1.00. The maximum absolute atomic E-state index is 11.7. The van der Waals surface area contributed by atoms with Gasteiger partial charge in [0.2, 0.25) is 5.91 Å².